The van der Waals surface area contributed by atoms with Gasteiger partial charge in [-0.05, 0) is 57.5 Å². The molecule has 2 aromatic rings. The molecule has 2 aromatic heterocycles. The van der Waals surface area contributed by atoms with E-state index < -0.39 is 6.04 Å². The van der Waals surface area contributed by atoms with Crippen LogP contribution < -0.4 is 16.4 Å². The van der Waals surface area contributed by atoms with E-state index in [2.05, 4.69) is 21.7 Å². The predicted octanol–water partition coefficient (Wildman–Crippen LogP) is 2.56. The maximum absolute atomic E-state index is 13.0. The van der Waals surface area contributed by atoms with Crippen molar-refractivity contribution in [2.75, 3.05) is 24.5 Å². The zero-order chi connectivity index (χ0) is 24.2. The molecule has 4 N–H and O–H groups in total. The molecule has 0 aliphatic carbocycles. The van der Waals surface area contributed by atoms with Gasteiger partial charge in [-0.3, -0.25) is 14.8 Å². The lowest BCUT2D eigenvalue weighted by atomic mass is 9.99. The second kappa shape index (κ2) is 10.0. The first-order chi connectivity index (χ1) is 16.4. The number of likely N-dealkylation sites (tertiary alicyclic amines) is 1. The average Bonchev–Trinajstić information content (AvgIpc) is 2.85. The molecule has 34 heavy (non-hydrogen) atoms. The van der Waals surface area contributed by atoms with E-state index in [0.717, 1.165) is 43.6 Å². The number of carbonyl (C=O) groups is 1. The van der Waals surface area contributed by atoms with Crippen LogP contribution in [0.2, 0.25) is 0 Å². The summed E-state index contributed by atoms with van der Waals surface area (Å²) in [7, 11) is 0. The number of piperidine rings is 1. The molecule has 0 unspecified atom stereocenters. The third kappa shape index (κ3) is 4.64. The van der Waals surface area contributed by atoms with Gasteiger partial charge < -0.3 is 21.3 Å². The molecule has 1 saturated heterocycles. The van der Waals surface area contributed by atoms with Crippen LogP contribution in [0.4, 0.5) is 5.95 Å². The van der Waals surface area contributed by atoms with Crippen molar-refractivity contribution >= 4 is 24.6 Å². The normalized spacial score (nSPS) is 19.4. The molecular weight excluding hydrogens is 428 g/mol. The van der Waals surface area contributed by atoms with Gasteiger partial charge in [-0.15, -0.1) is 0 Å². The van der Waals surface area contributed by atoms with Crippen molar-refractivity contribution in [3.8, 4) is 0 Å². The Labute approximate surface area is 200 Å². The van der Waals surface area contributed by atoms with E-state index in [1.54, 1.807) is 12.4 Å². The van der Waals surface area contributed by atoms with Crippen LogP contribution in [0, 0.1) is 13.8 Å². The van der Waals surface area contributed by atoms with Gasteiger partial charge in [-0.2, -0.15) is 0 Å². The third-order valence-electron chi connectivity index (χ3n) is 6.46. The smallest absolute Gasteiger partial charge is 0.257 e. The summed E-state index contributed by atoms with van der Waals surface area (Å²) in [6.07, 6.45) is 8.99. The van der Waals surface area contributed by atoms with E-state index in [1.165, 1.54) is 0 Å². The predicted molar refractivity (Wildman–Crippen MR) is 134 cm³/mol. The number of nitrogens with two attached hydrogens (primary N) is 2. The van der Waals surface area contributed by atoms with Crippen molar-refractivity contribution in [3.63, 3.8) is 0 Å². The van der Waals surface area contributed by atoms with Gasteiger partial charge in [0, 0.05) is 49.8 Å². The molecule has 2 aliphatic rings. The first-order valence-electron chi connectivity index (χ1n) is 11.6. The van der Waals surface area contributed by atoms with E-state index in [1.807, 2.05) is 41.9 Å². The second-order valence-electron chi connectivity index (χ2n) is 8.79. The molecule has 9 heteroatoms. The van der Waals surface area contributed by atoms with E-state index in [-0.39, 0.29) is 5.91 Å². The summed E-state index contributed by atoms with van der Waals surface area (Å²) in [5.41, 5.74) is 17.6. The van der Waals surface area contributed by atoms with Crippen molar-refractivity contribution < 1.29 is 4.79 Å². The molecule has 1 amide bonds. The zero-order valence-electron chi connectivity index (χ0n) is 19.9. The van der Waals surface area contributed by atoms with Gasteiger partial charge in [0.05, 0.1) is 22.6 Å². The van der Waals surface area contributed by atoms with E-state index in [4.69, 9.17) is 16.5 Å². The Morgan fingerprint density at radius 1 is 1.21 bits per heavy atom. The lowest BCUT2D eigenvalue weighted by Crippen LogP contribution is -2.46. The molecule has 4 rings (SSSR count). The van der Waals surface area contributed by atoms with Crippen molar-refractivity contribution in [3.05, 3.63) is 64.1 Å². The van der Waals surface area contributed by atoms with E-state index in [9.17, 15) is 4.79 Å². The largest absolute Gasteiger partial charge is 0.400 e. The first kappa shape index (κ1) is 23.4. The summed E-state index contributed by atoms with van der Waals surface area (Å²) in [6.45, 7) is 9.66. The summed E-state index contributed by atoms with van der Waals surface area (Å²) in [4.78, 5) is 34.8. The van der Waals surface area contributed by atoms with Crippen LogP contribution in [0.25, 0.3) is 6.08 Å². The molecule has 0 bridgehead atoms. The minimum atomic E-state index is -0.490. The molecule has 0 saturated carbocycles. The number of rotatable bonds is 5. The molecule has 1 atom stereocenters. The standard InChI is InChI=1S/C25H32N8O/c1-16-8-7-10-29-21(16)14-20(27)23-22(28-3)19(26)9-13-33(23)25-30-15-18(17(2)31-25)24(34)32-11-5-4-6-12-32/h7-8,10,14-15,23H,3-6,9,11-13,26-27H2,1-2H3/b20-14-/t23-/m0/s1. The van der Waals surface area contributed by atoms with Crippen LogP contribution in [0.3, 0.4) is 0 Å². The van der Waals surface area contributed by atoms with Gasteiger partial charge in [0.15, 0.2) is 0 Å². The topological polar surface area (TPSA) is 127 Å². The van der Waals surface area contributed by atoms with Gasteiger partial charge in [0.2, 0.25) is 5.95 Å². The minimum absolute atomic E-state index is 0.0124. The van der Waals surface area contributed by atoms with Crippen LogP contribution in [-0.4, -0.2) is 58.2 Å². The number of anilines is 1. The highest BCUT2D eigenvalue weighted by Crippen LogP contribution is 2.30. The molecular formula is C25H32N8O. The quantitative estimate of drug-likeness (QED) is 0.657. The molecule has 4 heterocycles. The molecule has 0 spiro atoms. The molecule has 0 aromatic carbocycles. The fourth-order valence-corrected chi connectivity index (χ4v) is 4.52. The summed E-state index contributed by atoms with van der Waals surface area (Å²) >= 11 is 0. The lowest BCUT2D eigenvalue weighted by molar-refractivity contribution is 0.0722. The van der Waals surface area contributed by atoms with Crippen LogP contribution in [0.15, 0.2) is 46.6 Å². The third-order valence-corrected chi connectivity index (χ3v) is 6.46. The SMILES string of the molecule is C=NC1=C(N)CCN(c2ncc(C(=O)N3CCCCC3)c(C)n2)[C@H]1/C(N)=C/c1ncccc1C. The Morgan fingerprint density at radius 3 is 2.65 bits per heavy atom. The lowest BCUT2D eigenvalue weighted by Gasteiger charge is -2.37. The summed E-state index contributed by atoms with van der Waals surface area (Å²) < 4.78 is 0. The van der Waals surface area contributed by atoms with Crippen molar-refractivity contribution in [2.45, 2.75) is 45.6 Å². The Kier molecular flexibility index (Phi) is 6.90. The van der Waals surface area contributed by atoms with Crippen molar-refractivity contribution in [1.82, 2.24) is 19.9 Å². The van der Waals surface area contributed by atoms with Gasteiger partial charge in [-0.1, -0.05) is 6.07 Å². The second-order valence-corrected chi connectivity index (χ2v) is 8.79. The molecule has 178 valence electrons. The maximum atomic E-state index is 13.0. The van der Waals surface area contributed by atoms with Crippen LogP contribution in [0.5, 0.6) is 0 Å². The zero-order valence-corrected chi connectivity index (χ0v) is 19.9. The number of carbonyl (C=O) groups excluding carboxylic acids is 1. The highest BCUT2D eigenvalue weighted by atomic mass is 16.2. The van der Waals surface area contributed by atoms with Crippen LogP contribution in [-0.2, 0) is 0 Å². The monoisotopic (exact) mass is 460 g/mol. The molecule has 9 nitrogen and oxygen atoms in total. The fraction of sp³-hybridized carbons (Fsp3) is 0.400. The Balaban J connectivity index is 1.69. The minimum Gasteiger partial charge on any atom is -0.400 e. The van der Waals surface area contributed by atoms with Crippen LogP contribution >= 0.6 is 0 Å². The van der Waals surface area contributed by atoms with E-state index in [0.29, 0.717) is 47.3 Å². The van der Waals surface area contributed by atoms with Crippen molar-refractivity contribution in [2.24, 2.45) is 16.5 Å². The molecule has 2 aliphatic heterocycles. The van der Waals surface area contributed by atoms with Gasteiger partial charge in [-0.25, -0.2) is 9.97 Å². The van der Waals surface area contributed by atoms with Crippen molar-refractivity contribution in [1.29, 1.82) is 0 Å². The summed E-state index contributed by atoms with van der Waals surface area (Å²) in [6, 6.07) is 3.37. The summed E-state index contributed by atoms with van der Waals surface area (Å²) in [5, 5.41) is 0. The maximum Gasteiger partial charge on any atom is 0.257 e. The number of nitrogens with zero attached hydrogens (tertiary/aromatic N) is 6. The number of aliphatic imine (C=N–C) groups is 1. The summed E-state index contributed by atoms with van der Waals surface area (Å²) in [5.74, 6) is 0.460. The number of pyridine rings is 1. The fourth-order valence-electron chi connectivity index (χ4n) is 4.52. The highest BCUT2D eigenvalue weighted by Gasteiger charge is 2.33. The number of amides is 1. The first-order valence-corrected chi connectivity index (χ1v) is 11.6. The molecule has 0 radical (unpaired) electrons. The Morgan fingerprint density at radius 2 is 1.97 bits per heavy atom. The number of hydrogen-bond donors (Lipinski definition) is 2. The molecule has 1 fully saturated rings. The van der Waals surface area contributed by atoms with Crippen LogP contribution in [0.1, 0.15) is 53.0 Å². The Hall–Kier alpha value is -3.75. The average molecular weight is 461 g/mol. The van der Waals surface area contributed by atoms with E-state index >= 15 is 0 Å². The number of hydrogen-bond acceptors (Lipinski definition) is 8. The number of aryl methyl sites for hydroxylation is 2. The van der Waals surface area contributed by atoms with Gasteiger partial charge in [0.25, 0.3) is 5.91 Å². The Bertz CT molecular complexity index is 1150. The van der Waals surface area contributed by atoms with Gasteiger partial charge >= 0.3 is 0 Å². The number of aromatic nitrogens is 3. The van der Waals surface area contributed by atoms with Gasteiger partial charge in [0.1, 0.15) is 6.04 Å². The highest BCUT2D eigenvalue weighted by molar-refractivity contribution is 5.95.